The standard InChI is InChI=1S/C16H18Cl2F3N3O4S/c1-7(25)12-13(26-2)11(23-24-22)14(27-6-16(19,20)21)15(28-12)29-8-3-4-9(17)10(18)5-8/h3-5,7,11-15,25H,6H2,1-2H3/t7?,11?,12?,13-,14?,15-/m1/s1. The third-order valence-corrected chi connectivity index (χ3v) is 5.95. The Kier molecular flexibility index (Phi) is 8.74. The Morgan fingerprint density at radius 2 is 2.03 bits per heavy atom. The van der Waals surface area contributed by atoms with Gasteiger partial charge < -0.3 is 19.3 Å². The molecule has 1 aliphatic rings. The number of hydrogen-bond acceptors (Lipinski definition) is 6. The van der Waals surface area contributed by atoms with Gasteiger partial charge in [0.15, 0.2) is 0 Å². The van der Waals surface area contributed by atoms with E-state index in [0.717, 1.165) is 11.8 Å². The van der Waals surface area contributed by atoms with Gasteiger partial charge in [-0.25, -0.2) is 0 Å². The topological polar surface area (TPSA) is 96.7 Å². The van der Waals surface area contributed by atoms with Crippen LogP contribution < -0.4 is 0 Å². The summed E-state index contributed by atoms with van der Waals surface area (Å²) in [5, 5.41) is 14.2. The van der Waals surface area contributed by atoms with E-state index in [2.05, 4.69) is 10.0 Å². The van der Waals surface area contributed by atoms with Gasteiger partial charge in [0.05, 0.1) is 28.3 Å². The van der Waals surface area contributed by atoms with E-state index >= 15 is 0 Å². The van der Waals surface area contributed by atoms with Gasteiger partial charge in [-0.1, -0.05) is 40.1 Å². The fourth-order valence-electron chi connectivity index (χ4n) is 2.85. The Morgan fingerprint density at radius 3 is 2.55 bits per heavy atom. The lowest BCUT2D eigenvalue weighted by Gasteiger charge is -2.45. The minimum Gasteiger partial charge on any atom is -0.391 e. The van der Waals surface area contributed by atoms with Gasteiger partial charge in [0, 0.05) is 16.9 Å². The molecule has 7 nitrogen and oxygen atoms in total. The first-order valence-electron chi connectivity index (χ1n) is 8.28. The number of azide groups is 1. The lowest BCUT2D eigenvalue weighted by atomic mass is 9.94. The second-order valence-electron chi connectivity index (χ2n) is 6.19. The molecular formula is C16H18Cl2F3N3O4S. The molecule has 162 valence electrons. The third-order valence-electron chi connectivity index (χ3n) is 4.07. The highest BCUT2D eigenvalue weighted by Gasteiger charge is 2.49. The highest BCUT2D eigenvalue weighted by atomic mass is 35.5. The number of hydrogen-bond donors (Lipinski definition) is 1. The zero-order chi connectivity index (χ0) is 21.8. The van der Waals surface area contributed by atoms with E-state index < -0.39 is 48.7 Å². The predicted octanol–water partition coefficient (Wildman–Crippen LogP) is 4.83. The van der Waals surface area contributed by atoms with Gasteiger partial charge in [-0.15, -0.1) is 0 Å². The van der Waals surface area contributed by atoms with Crippen molar-refractivity contribution in [2.75, 3.05) is 13.7 Å². The summed E-state index contributed by atoms with van der Waals surface area (Å²) < 4.78 is 54.5. The molecule has 2 rings (SSSR count). The summed E-state index contributed by atoms with van der Waals surface area (Å²) in [6.45, 7) is -0.145. The molecule has 0 aliphatic carbocycles. The summed E-state index contributed by atoms with van der Waals surface area (Å²) in [5.74, 6) is 0. The number of nitrogens with zero attached hydrogens (tertiary/aromatic N) is 3. The number of ether oxygens (including phenoxy) is 3. The first kappa shape index (κ1) is 24.4. The van der Waals surface area contributed by atoms with Gasteiger partial charge >= 0.3 is 6.18 Å². The molecule has 4 unspecified atom stereocenters. The number of aliphatic hydroxyl groups is 1. The summed E-state index contributed by atoms with van der Waals surface area (Å²) in [6.07, 6.45) is -8.97. The first-order valence-corrected chi connectivity index (χ1v) is 9.91. The molecular weight excluding hydrogens is 458 g/mol. The van der Waals surface area contributed by atoms with Crippen molar-refractivity contribution in [3.8, 4) is 0 Å². The maximum atomic E-state index is 12.8. The second-order valence-corrected chi connectivity index (χ2v) is 8.18. The second kappa shape index (κ2) is 10.4. The number of aliphatic hydroxyl groups excluding tert-OH is 1. The Balaban J connectivity index is 2.40. The Labute approximate surface area is 179 Å². The molecule has 1 aromatic carbocycles. The number of alkyl halides is 3. The van der Waals surface area contributed by atoms with Gasteiger partial charge in [0.1, 0.15) is 24.3 Å². The quantitative estimate of drug-likeness (QED) is 0.346. The Hall–Kier alpha value is -0.910. The minimum absolute atomic E-state index is 0.244. The van der Waals surface area contributed by atoms with Crippen molar-refractivity contribution in [2.45, 2.75) is 53.9 Å². The van der Waals surface area contributed by atoms with E-state index in [9.17, 15) is 18.3 Å². The molecule has 1 saturated heterocycles. The molecule has 29 heavy (non-hydrogen) atoms. The maximum Gasteiger partial charge on any atom is 0.411 e. The van der Waals surface area contributed by atoms with Gasteiger partial charge in [-0.3, -0.25) is 0 Å². The van der Waals surface area contributed by atoms with Gasteiger partial charge in [-0.2, -0.15) is 13.2 Å². The Morgan fingerprint density at radius 1 is 1.34 bits per heavy atom. The van der Waals surface area contributed by atoms with E-state index in [1.165, 1.54) is 26.2 Å². The van der Waals surface area contributed by atoms with Gasteiger partial charge in [0.25, 0.3) is 0 Å². The lowest BCUT2D eigenvalue weighted by molar-refractivity contribution is -0.232. The largest absolute Gasteiger partial charge is 0.411 e. The zero-order valence-electron chi connectivity index (χ0n) is 15.2. The van der Waals surface area contributed by atoms with Crippen LogP contribution in [0, 0.1) is 0 Å². The number of rotatable bonds is 7. The van der Waals surface area contributed by atoms with E-state index in [4.69, 9.17) is 42.9 Å². The molecule has 0 radical (unpaired) electrons. The predicted molar refractivity (Wildman–Crippen MR) is 102 cm³/mol. The fraction of sp³-hybridized carbons (Fsp3) is 0.625. The highest BCUT2D eigenvalue weighted by molar-refractivity contribution is 7.99. The summed E-state index contributed by atoms with van der Waals surface area (Å²) in [4.78, 5) is 3.24. The van der Waals surface area contributed by atoms with Gasteiger partial charge in [0.2, 0.25) is 0 Å². The van der Waals surface area contributed by atoms with Crippen LogP contribution in [-0.2, 0) is 14.2 Å². The van der Waals surface area contributed by atoms with E-state index in [1.54, 1.807) is 6.07 Å². The Bertz CT molecular complexity index is 753. The van der Waals surface area contributed by atoms with Crippen LogP contribution in [0.25, 0.3) is 10.4 Å². The molecule has 1 N–H and O–H groups in total. The number of thioether (sulfide) groups is 1. The van der Waals surface area contributed by atoms with E-state index in [0.29, 0.717) is 9.92 Å². The lowest BCUT2D eigenvalue weighted by Crippen LogP contribution is -2.60. The molecule has 0 saturated carbocycles. The number of methoxy groups -OCH3 is 1. The van der Waals surface area contributed by atoms with Crippen molar-refractivity contribution in [3.05, 3.63) is 38.7 Å². The number of halogens is 5. The van der Waals surface area contributed by atoms with Crippen molar-refractivity contribution >= 4 is 35.0 Å². The fourth-order valence-corrected chi connectivity index (χ4v) is 4.37. The van der Waals surface area contributed by atoms with Crippen molar-refractivity contribution in [1.82, 2.24) is 0 Å². The molecule has 0 amide bonds. The average Bonchev–Trinajstić information content (AvgIpc) is 2.63. The molecule has 0 spiro atoms. The van der Waals surface area contributed by atoms with Crippen LogP contribution in [0.5, 0.6) is 0 Å². The zero-order valence-corrected chi connectivity index (χ0v) is 17.5. The molecule has 6 atom stereocenters. The van der Waals surface area contributed by atoms with Crippen LogP contribution >= 0.6 is 35.0 Å². The molecule has 13 heteroatoms. The highest BCUT2D eigenvalue weighted by Crippen LogP contribution is 2.39. The average molecular weight is 476 g/mol. The SMILES string of the molecule is CO[C@@H]1C(N=[N+]=[N-])C(OCC(F)(F)F)[C@@H](Sc2ccc(Cl)c(Cl)c2)OC1C(C)O. The van der Waals surface area contributed by atoms with Crippen LogP contribution in [0.3, 0.4) is 0 Å². The first-order chi connectivity index (χ1) is 13.6. The molecule has 0 aromatic heterocycles. The monoisotopic (exact) mass is 475 g/mol. The summed E-state index contributed by atoms with van der Waals surface area (Å²) in [6, 6.07) is 3.46. The number of benzene rings is 1. The van der Waals surface area contributed by atoms with Gasteiger partial charge in [-0.05, 0) is 30.7 Å². The van der Waals surface area contributed by atoms with E-state index in [-0.39, 0.29) is 5.02 Å². The molecule has 1 aromatic rings. The smallest absolute Gasteiger partial charge is 0.391 e. The van der Waals surface area contributed by atoms with Crippen molar-refractivity contribution in [1.29, 1.82) is 0 Å². The minimum atomic E-state index is -4.61. The molecule has 1 heterocycles. The molecule has 1 fully saturated rings. The van der Waals surface area contributed by atoms with Crippen molar-refractivity contribution < 1.29 is 32.5 Å². The van der Waals surface area contributed by atoms with Crippen LogP contribution in [0.1, 0.15) is 6.92 Å². The summed E-state index contributed by atoms with van der Waals surface area (Å²) in [5.41, 5.74) is 7.87. The van der Waals surface area contributed by atoms with Crippen LogP contribution in [-0.4, -0.2) is 60.9 Å². The summed E-state index contributed by atoms with van der Waals surface area (Å²) >= 11 is 12.9. The third kappa shape index (κ3) is 6.53. The van der Waals surface area contributed by atoms with Crippen LogP contribution in [0.15, 0.2) is 28.2 Å². The maximum absolute atomic E-state index is 12.8. The van der Waals surface area contributed by atoms with Crippen LogP contribution in [0.2, 0.25) is 10.0 Å². The van der Waals surface area contributed by atoms with Crippen LogP contribution in [0.4, 0.5) is 13.2 Å². The normalized spacial score (nSPS) is 28.6. The van der Waals surface area contributed by atoms with E-state index in [1.807, 2.05) is 0 Å². The van der Waals surface area contributed by atoms with Crippen molar-refractivity contribution in [3.63, 3.8) is 0 Å². The van der Waals surface area contributed by atoms with Crippen molar-refractivity contribution in [2.24, 2.45) is 5.11 Å². The summed E-state index contributed by atoms with van der Waals surface area (Å²) in [7, 11) is 1.27. The molecule has 0 bridgehead atoms. The molecule has 1 aliphatic heterocycles.